The maximum absolute atomic E-state index is 8.90. The van der Waals surface area contributed by atoms with Gasteiger partial charge in [-0.3, -0.25) is 4.90 Å². The molecule has 4 heterocycles. The predicted molar refractivity (Wildman–Crippen MR) is 100 cm³/mol. The second-order valence-corrected chi connectivity index (χ2v) is 7.20. The van der Waals surface area contributed by atoms with Gasteiger partial charge < -0.3 is 14.2 Å². The summed E-state index contributed by atoms with van der Waals surface area (Å²) in [4.78, 5) is 9.06. The molecule has 2 aliphatic heterocycles. The van der Waals surface area contributed by atoms with Crippen LogP contribution in [0.2, 0.25) is 0 Å². The van der Waals surface area contributed by atoms with Gasteiger partial charge in [-0.2, -0.15) is 5.26 Å². The molecule has 0 atom stereocenters. The van der Waals surface area contributed by atoms with Crippen LogP contribution in [0.5, 0.6) is 0 Å². The summed E-state index contributed by atoms with van der Waals surface area (Å²) in [6.45, 7) is 6.22. The smallest absolute Gasteiger partial charge is 0.146 e. The Bertz CT molecular complexity index is 796. The van der Waals surface area contributed by atoms with Crippen molar-refractivity contribution in [3.8, 4) is 6.07 Å². The maximum atomic E-state index is 8.90. The normalized spacial score (nSPS) is 19.2. The van der Waals surface area contributed by atoms with Crippen molar-refractivity contribution >= 4 is 5.82 Å². The molecule has 0 aromatic carbocycles. The van der Waals surface area contributed by atoms with E-state index in [-0.39, 0.29) is 0 Å². The fourth-order valence-corrected chi connectivity index (χ4v) is 3.83. The van der Waals surface area contributed by atoms with Gasteiger partial charge in [0.1, 0.15) is 23.5 Å². The summed E-state index contributed by atoms with van der Waals surface area (Å²) in [5.74, 6) is 3.49. The van der Waals surface area contributed by atoms with Crippen molar-refractivity contribution in [3.05, 3.63) is 35.5 Å². The van der Waals surface area contributed by atoms with Gasteiger partial charge in [-0.25, -0.2) is 4.98 Å². The van der Waals surface area contributed by atoms with Crippen molar-refractivity contribution in [3.63, 3.8) is 0 Å². The van der Waals surface area contributed by atoms with Crippen LogP contribution in [-0.4, -0.2) is 64.0 Å². The Balaban J connectivity index is 1.37. The standard InChI is InChI=1S/C19H25N7O/c1-24-18(14-25-8-10-27-11-9-25)22-23-19(24)16-4-6-26(7-5-16)17-3-2-15(12-20)13-21-17/h2-3,13,16H,4-11,14H2,1H3. The lowest BCUT2D eigenvalue weighted by atomic mass is 9.96. The van der Waals surface area contributed by atoms with Gasteiger partial charge in [-0.1, -0.05) is 0 Å². The number of hydrogen-bond donors (Lipinski definition) is 0. The van der Waals surface area contributed by atoms with Gasteiger partial charge in [-0.05, 0) is 25.0 Å². The highest BCUT2D eigenvalue weighted by atomic mass is 16.5. The van der Waals surface area contributed by atoms with Crippen LogP contribution in [0.25, 0.3) is 0 Å². The van der Waals surface area contributed by atoms with Crippen LogP contribution < -0.4 is 4.90 Å². The van der Waals surface area contributed by atoms with Crippen molar-refractivity contribution in [2.45, 2.75) is 25.3 Å². The van der Waals surface area contributed by atoms with Crippen LogP contribution in [0.4, 0.5) is 5.82 Å². The summed E-state index contributed by atoms with van der Waals surface area (Å²) in [5, 5.41) is 17.9. The van der Waals surface area contributed by atoms with Gasteiger partial charge in [0, 0.05) is 45.3 Å². The monoisotopic (exact) mass is 367 g/mol. The number of aromatic nitrogens is 4. The second kappa shape index (κ2) is 8.03. The second-order valence-electron chi connectivity index (χ2n) is 7.20. The van der Waals surface area contributed by atoms with Crippen molar-refractivity contribution in [1.82, 2.24) is 24.6 Å². The minimum atomic E-state index is 0.426. The summed E-state index contributed by atoms with van der Waals surface area (Å²) in [6, 6.07) is 5.87. The Morgan fingerprint density at radius 1 is 1.15 bits per heavy atom. The fraction of sp³-hybridized carbons (Fsp3) is 0.579. The van der Waals surface area contributed by atoms with E-state index in [2.05, 4.69) is 42.7 Å². The first-order valence-electron chi connectivity index (χ1n) is 9.54. The van der Waals surface area contributed by atoms with E-state index in [0.717, 1.165) is 76.2 Å². The SMILES string of the molecule is Cn1c(CN2CCOCC2)nnc1C1CCN(c2ccc(C#N)cn2)CC1. The predicted octanol–water partition coefficient (Wildman–Crippen LogP) is 1.30. The topological polar surface area (TPSA) is 83.1 Å². The third kappa shape index (κ3) is 3.94. The zero-order valence-corrected chi connectivity index (χ0v) is 15.7. The fourth-order valence-electron chi connectivity index (χ4n) is 3.83. The van der Waals surface area contributed by atoms with Gasteiger partial charge >= 0.3 is 0 Å². The molecule has 2 fully saturated rings. The Morgan fingerprint density at radius 3 is 2.59 bits per heavy atom. The van der Waals surface area contributed by atoms with Gasteiger partial charge in [0.05, 0.1) is 25.3 Å². The Hall–Kier alpha value is -2.50. The highest BCUT2D eigenvalue weighted by Gasteiger charge is 2.26. The highest BCUT2D eigenvalue weighted by Crippen LogP contribution is 2.29. The Kier molecular flexibility index (Phi) is 5.32. The van der Waals surface area contributed by atoms with E-state index in [1.807, 2.05) is 12.1 Å². The summed E-state index contributed by atoms with van der Waals surface area (Å²) in [6.07, 6.45) is 3.71. The number of rotatable bonds is 4. The van der Waals surface area contributed by atoms with Crippen LogP contribution in [0.15, 0.2) is 18.3 Å². The van der Waals surface area contributed by atoms with Crippen LogP contribution >= 0.6 is 0 Å². The molecule has 0 saturated carbocycles. The zero-order valence-electron chi connectivity index (χ0n) is 15.7. The molecule has 0 aliphatic carbocycles. The lowest BCUT2D eigenvalue weighted by molar-refractivity contribution is 0.0326. The average molecular weight is 367 g/mol. The molecule has 2 aliphatic rings. The number of pyridine rings is 1. The first-order valence-corrected chi connectivity index (χ1v) is 9.54. The number of nitriles is 1. The van der Waals surface area contributed by atoms with Crippen molar-refractivity contribution in [2.24, 2.45) is 7.05 Å². The number of morpholine rings is 1. The van der Waals surface area contributed by atoms with E-state index in [1.54, 1.807) is 6.20 Å². The molecule has 8 heteroatoms. The molecule has 4 rings (SSSR count). The number of nitrogens with zero attached hydrogens (tertiary/aromatic N) is 7. The minimum Gasteiger partial charge on any atom is -0.379 e. The van der Waals surface area contributed by atoms with Gasteiger partial charge in [0.15, 0.2) is 0 Å². The molecule has 2 aromatic heterocycles. The van der Waals surface area contributed by atoms with E-state index in [0.29, 0.717) is 11.5 Å². The summed E-state index contributed by atoms with van der Waals surface area (Å²) >= 11 is 0. The first-order chi connectivity index (χ1) is 13.2. The molecule has 0 N–H and O–H groups in total. The Morgan fingerprint density at radius 2 is 1.93 bits per heavy atom. The molecule has 8 nitrogen and oxygen atoms in total. The molecule has 27 heavy (non-hydrogen) atoms. The third-order valence-electron chi connectivity index (χ3n) is 5.53. The summed E-state index contributed by atoms with van der Waals surface area (Å²) in [7, 11) is 2.08. The van der Waals surface area contributed by atoms with Crippen molar-refractivity contribution < 1.29 is 4.74 Å². The first kappa shape index (κ1) is 17.9. The lowest BCUT2D eigenvalue weighted by Gasteiger charge is -2.32. The molecule has 0 radical (unpaired) electrons. The van der Waals surface area contributed by atoms with Crippen LogP contribution in [0, 0.1) is 11.3 Å². The average Bonchev–Trinajstić information content (AvgIpc) is 3.09. The van der Waals surface area contributed by atoms with Crippen LogP contribution in [0.1, 0.15) is 36.0 Å². The Labute approximate surface area is 159 Å². The van der Waals surface area contributed by atoms with Crippen molar-refractivity contribution in [2.75, 3.05) is 44.3 Å². The quantitative estimate of drug-likeness (QED) is 0.805. The van der Waals surface area contributed by atoms with E-state index in [4.69, 9.17) is 10.00 Å². The van der Waals surface area contributed by atoms with E-state index >= 15 is 0 Å². The minimum absolute atomic E-state index is 0.426. The summed E-state index contributed by atoms with van der Waals surface area (Å²) < 4.78 is 7.59. The van der Waals surface area contributed by atoms with Crippen LogP contribution in [0.3, 0.4) is 0 Å². The number of ether oxygens (including phenoxy) is 1. The lowest BCUT2D eigenvalue weighted by Crippen LogP contribution is -2.36. The summed E-state index contributed by atoms with van der Waals surface area (Å²) in [5.41, 5.74) is 0.598. The molecule has 0 amide bonds. The molecular weight excluding hydrogens is 342 g/mol. The van der Waals surface area contributed by atoms with Crippen molar-refractivity contribution in [1.29, 1.82) is 5.26 Å². The molecule has 2 aromatic rings. The third-order valence-corrected chi connectivity index (χ3v) is 5.53. The number of hydrogen-bond acceptors (Lipinski definition) is 7. The van der Waals surface area contributed by atoms with Gasteiger partial charge in [0.2, 0.25) is 0 Å². The highest BCUT2D eigenvalue weighted by molar-refractivity contribution is 5.42. The molecule has 0 bridgehead atoms. The van der Waals surface area contributed by atoms with E-state index in [1.165, 1.54) is 0 Å². The largest absolute Gasteiger partial charge is 0.379 e. The zero-order chi connectivity index (χ0) is 18.6. The van der Waals surface area contributed by atoms with E-state index in [9.17, 15) is 0 Å². The number of piperidine rings is 1. The van der Waals surface area contributed by atoms with Gasteiger partial charge in [-0.15, -0.1) is 10.2 Å². The van der Waals surface area contributed by atoms with Gasteiger partial charge in [0.25, 0.3) is 0 Å². The molecule has 0 spiro atoms. The van der Waals surface area contributed by atoms with Crippen LogP contribution in [-0.2, 0) is 18.3 Å². The number of anilines is 1. The van der Waals surface area contributed by atoms with E-state index < -0.39 is 0 Å². The molecule has 0 unspecified atom stereocenters. The maximum Gasteiger partial charge on any atom is 0.146 e. The molecule has 2 saturated heterocycles. The molecular formula is C19H25N7O. The molecule has 142 valence electrons.